The van der Waals surface area contributed by atoms with E-state index in [0.29, 0.717) is 24.0 Å². The molecule has 1 amide bonds. The number of para-hydroxylation sites is 1. The third-order valence-corrected chi connectivity index (χ3v) is 6.24. The number of imidazole rings is 1. The Hall–Kier alpha value is -2.86. The number of benzene rings is 1. The molecule has 0 bridgehead atoms. The van der Waals surface area contributed by atoms with Gasteiger partial charge in [-0.1, -0.05) is 18.2 Å². The number of pyridine rings is 1. The van der Waals surface area contributed by atoms with Crippen molar-refractivity contribution >= 4 is 11.6 Å². The molecule has 1 aliphatic heterocycles. The van der Waals surface area contributed by atoms with E-state index in [-0.39, 0.29) is 11.9 Å². The van der Waals surface area contributed by atoms with Gasteiger partial charge in [0.25, 0.3) is 5.91 Å². The molecule has 3 heterocycles. The predicted octanol–water partition coefficient (Wildman–Crippen LogP) is 4.17. The van der Waals surface area contributed by atoms with Crippen molar-refractivity contribution in [1.82, 2.24) is 19.2 Å². The summed E-state index contributed by atoms with van der Waals surface area (Å²) in [6.45, 7) is 8.90. The molecule has 164 valence electrons. The Morgan fingerprint density at radius 2 is 1.90 bits per heavy atom. The van der Waals surface area contributed by atoms with Gasteiger partial charge in [-0.2, -0.15) is 0 Å². The topological polar surface area (TPSA) is 50.1 Å². The van der Waals surface area contributed by atoms with Gasteiger partial charge in [0.15, 0.2) is 0 Å². The summed E-state index contributed by atoms with van der Waals surface area (Å²) >= 11 is 0. The molecule has 1 saturated heterocycles. The fourth-order valence-corrected chi connectivity index (χ4v) is 4.29. The van der Waals surface area contributed by atoms with Crippen molar-refractivity contribution in [3.8, 4) is 5.75 Å². The van der Waals surface area contributed by atoms with Crippen molar-refractivity contribution in [3.63, 3.8) is 0 Å². The molecule has 0 atom stereocenters. The maximum atomic E-state index is 13.3. The summed E-state index contributed by atoms with van der Waals surface area (Å²) in [5.41, 5.74) is 3.51. The average molecular weight is 421 g/mol. The zero-order valence-electron chi connectivity index (χ0n) is 18.9. The summed E-state index contributed by atoms with van der Waals surface area (Å²) in [6, 6.07) is 12.4. The van der Waals surface area contributed by atoms with Crippen LogP contribution in [0.5, 0.6) is 5.75 Å². The van der Waals surface area contributed by atoms with E-state index < -0.39 is 0 Å². The fraction of sp³-hybridized carbons (Fsp3) is 0.440. The van der Waals surface area contributed by atoms with Gasteiger partial charge >= 0.3 is 0 Å². The van der Waals surface area contributed by atoms with Crippen molar-refractivity contribution in [2.45, 2.75) is 52.3 Å². The van der Waals surface area contributed by atoms with Gasteiger partial charge in [0.1, 0.15) is 18.0 Å². The van der Waals surface area contributed by atoms with Gasteiger partial charge in [0.05, 0.1) is 11.3 Å². The van der Waals surface area contributed by atoms with Crippen molar-refractivity contribution in [2.75, 3.05) is 20.1 Å². The smallest absolute Gasteiger partial charge is 0.257 e. The lowest BCUT2D eigenvalue weighted by atomic mass is 10.0. The van der Waals surface area contributed by atoms with Gasteiger partial charge < -0.3 is 18.9 Å². The van der Waals surface area contributed by atoms with Crippen molar-refractivity contribution in [1.29, 1.82) is 0 Å². The normalized spacial score (nSPS) is 15.5. The van der Waals surface area contributed by atoms with Crippen molar-refractivity contribution in [2.24, 2.45) is 0 Å². The van der Waals surface area contributed by atoms with Gasteiger partial charge in [0, 0.05) is 44.6 Å². The number of amides is 1. The second-order valence-corrected chi connectivity index (χ2v) is 8.77. The summed E-state index contributed by atoms with van der Waals surface area (Å²) in [5.74, 6) is 0.622. The molecule has 3 aromatic rings. The molecule has 2 aromatic heterocycles. The van der Waals surface area contributed by atoms with E-state index in [1.54, 1.807) is 0 Å². The Balaban J connectivity index is 1.44. The number of nitrogens with zero attached hydrogens (tertiary/aromatic N) is 4. The molecule has 1 aliphatic rings. The molecule has 6 nitrogen and oxygen atoms in total. The first kappa shape index (κ1) is 21.4. The van der Waals surface area contributed by atoms with Crippen LogP contribution in [0.4, 0.5) is 0 Å². The van der Waals surface area contributed by atoms with E-state index in [1.165, 1.54) is 5.56 Å². The SMILES string of the molecule is Cc1ccc2nc(COc3ccccc3C(=O)N(C)C3CCN(C(C)C)CC3)cn2c1. The Labute approximate surface area is 184 Å². The van der Waals surface area contributed by atoms with E-state index in [0.717, 1.165) is 37.3 Å². The number of likely N-dealkylation sites (tertiary alicyclic amines) is 1. The van der Waals surface area contributed by atoms with Crippen LogP contribution in [0, 0.1) is 6.92 Å². The summed E-state index contributed by atoms with van der Waals surface area (Å²) in [5, 5.41) is 0. The second kappa shape index (κ2) is 9.10. The van der Waals surface area contributed by atoms with E-state index in [1.807, 2.05) is 65.1 Å². The number of piperidine rings is 1. The Morgan fingerprint density at radius 3 is 2.65 bits per heavy atom. The lowest BCUT2D eigenvalue weighted by Gasteiger charge is -2.38. The Bertz CT molecular complexity index is 1050. The van der Waals surface area contributed by atoms with Gasteiger partial charge in [-0.15, -0.1) is 0 Å². The number of fused-ring (bicyclic) bond motifs is 1. The molecule has 0 saturated carbocycles. The Morgan fingerprint density at radius 1 is 1.16 bits per heavy atom. The molecular formula is C25H32N4O2. The van der Waals surface area contributed by atoms with E-state index >= 15 is 0 Å². The highest BCUT2D eigenvalue weighted by atomic mass is 16.5. The molecule has 0 spiro atoms. The summed E-state index contributed by atoms with van der Waals surface area (Å²) in [7, 11) is 1.92. The highest BCUT2D eigenvalue weighted by Gasteiger charge is 2.28. The van der Waals surface area contributed by atoms with Crippen LogP contribution >= 0.6 is 0 Å². The average Bonchev–Trinajstić information content (AvgIpc) is 3.19. The Kier molecular flexibility index (Phi) is 6.28. The molecule has 0 N–H and O–H groups in total. The number of ether oxygens (including phenoxy) is 1. The number of rotatable bonds is 6. The molecule has 0 radical (unpaired) electrons. The summed E-state index contributed by atoms with van der Waals surface area (Å²) < 4.78 is 8.06. The summed E-state index contributed by atoms with van der Waals surface area (Å²) in [4.78, 5) is 22.3. The van der Waals surface area contributed by atoms with Crippen LogP contribution in [-0.2, 0) is 6.61 Å². The highest BCUT2D eigenvalue weighted by Crippen LogP contribution is 2.24. The number of hydrogen-bond acceptors (Lipinski definition) is 4. The second-order valence-electron chi connectivity index (χ2n) is 8.77. The number of aryl methyl sites for hydroxylation is 1. The van der Waals surface area contributed by atoms with Crippen LogP contribution in [0.1, 0.15) is 48.3 Å². The first-order valence-corrected chi connectivity index (χ1v) is 11.1. The molecule has 4 rings (SSSR count). The van der Waals surface area contributed by atoms with Crippen molar-refractivity contribution < 1.29 is 9.53 Å². The molecule has 31 heavy (non-hydrogen) atoms. The molecule has 1 aromatic carbocycles. The predicted molar refractivity (Wildman–Crippen MR) is 123 cm³/mol. The van der Waals surface area contributed by atoms with E-state index in [4.69, 9.17) is 4.74 Å². The van der Waals surface area contributed by atoms with E-state index in [9.17, 15) is 4.79 Å². The minimum Gasteiger partial charge on any atom is -0.486 e. The zero-order chi connectivity index (χ0) is 22.0. The molecule has 1 fully saturated rings. The van der Waals surface area contributed by atoms with Gasteiger partial charge in [-0.25, -0.2) is 4.98 Å². The maximum Gasteiger partial charge on any atom is 0.257 e. The third kappa shape index (κ3) is 4.74. The zero-order valence-corrected chi connectivity index (χ0v) is 18.9. The van der Waals surface area contributed by atoms with Crippen LogP contribution < -0.4 is 4.74 Å². The first-order valence-electron chi connectivity index (χ1n) is 11.1. The van der Waals surface area contributed by atoms with Crippen LogP contribution in [0.3, 0.4) is 0 Å². The number of aromatic nitrogens is 2. The van der Waals surface area contributed by atoms with Crippen molar-refractivity contribution in [3.05, 3.63) is 65.6 Å². The summed E-state index contributed by atoms with van der Waals surface area (Å²) in [6.07, 6.45) is 6.03. The lowest BCUT2D eigenvalue weighted by Crippen LogP contribution is -2.47. The molecule has 0 aliphatic carbocycles. The largest absolute Gasteiger partial charge is 0.486 e. The fourth-order valence-electron chi connectivity index (χ4n) is 4.29. The van der Waals surface area contributed by atoms with Gasteiger partial charge in [0.2, 0.25) is 0 Å². The first-order chi connectivity index (χ1) is 14.9. The van der Waals surface area contributed by atoms with Crippen LogP contribution in [0.15, 0.2) is 48.8 Å². The van der Waals surface area contributed by atoms with Crippen LogP contribution in [0.25, 0.3) is 5.65 Å². The number of hydrogen-bond donors (Lipinski definition) is 0. The maximum absolute atomic E-state index is 13.3. The standard InChI is InChI=1S/C25H32N4O2/c1-18(2)28-13-11-21(12-14-28)27(4)25(30)22-7-5-6-8-23(22)31-17-20-16-29-15-19(3)9-10-24(29)26-20/h5-10,15-16,18,21H,11-14,17H2,1-4H3. The minimum absolute atomic E-state index is 0.0178. The van der Waals surface area contributed by atoms with Gasteiger partial charge in [-0.3, -0.25) is 4.79 Å². The molecule has 0 unspecified atom stereocenters. The monoisotopic (exact) mass is 420 g/mol. The molecular weight excluding hydrogens is 388 g/mol. The number of carbonyl (C=O) groups is 1. The molecule has 6 heteroatoms. The van der Waals surface area contributed by atoms with E-state index in [2.05, 4.69) is 30.7 Å². The highest BCUT2D eigenvalue weighted by molar-refractivity contribution is 5.97. The third-order valence-electron chi connectivity index (χ3n) is 6.24. The van der Waals surface area contributed by atoms with Crippen LogP contribution in [0.2, 0.25) is 0 Å². The van der Waals surface area contributed by atoms with Crippen LogP contribution in [-0.4, -0.2) is 57.3 Å². The van der Waals surface area contributed by atoms with Gasteiger partial charge in [-0.05, 0) is 57.4 Å². The lowest BCUT2D eigenvalue weighted by molar-refractivity contribution is 0.0611. The quantitative estimate of drug-likeness (QED) is 0.601. The minimum atomic E-state index is 0.0178. The number of carbonyl (C=O) groups excluding carboxylic acids is 1.